The number of anilines is 1. The van der Waals surface area contributed by atoms with Gasteiger partial charge in [0.25, 0.3) is 0 Å². The number of rotatable bonds is 7. The summed E-state index contributed by atoms with van der Waals surface area (Å²) in [5.41, 5.74) is 2.63. The zero-order valence-corrected chi connectivity index (χ0v) is 10.7. The number of benzene rings is 1. The normalized spacial score (nSPS) is 10.8. The van der Waals surface area contributed by atoms with Gasteiger partial charge in [0.1, 0.15) is 0 Å². The Morgan fingerprint density at radius 3 is 2.38 bits per heavy atom. The molecule has 0 aliphatic carbocycles. The van der Waals surface area contributed by atoms with E-state index in [1.807, 2.05) is 0 Å². The number of nitrogens with one attached hydrogen (secondary N) is 2. The Bertz CT molecular complexity index is 293. The van der Waals surface area contributed by atoms with Gasteiger partial charge in [0.15, 0.2) is 0 Å². The van der Waals surface area contributed by atoms with E-state index in [0.717, 1.165) is 13.1 Å². The summed E-state index contributed by atoms with van der Waals surface area (Å²) in [7, 11) is 0. The molecule has 1 rings (SSSR count). The molecule has 16 heavy (non-hydrogen) atoms. The van der Waals surface area contributed by atoms with Crippen molar-refractivity contribution < 1.29 is 0 Å². The molecule has 0 spiro atoms. The van der Waals surface area contributed by atoms with E-state index in [0.29, 0.717) is 6.04 Å². The van der Waals surface area contributed by atoms with Crippen molar-refractivity contribution in [3.63, 3.8) is 0 Å². The highest BCUT2D eigenvalue weighted by Gasteiger charge is 2.06. The van der Waals surface area contributed by atoms with Crippen molar-refractivity contribution in [2.75, 3.05) is 11.9 Å². The molecule has 2 heteroatoms. The Kier molecular flexibility index (Phi) is 5.94. The maximum absolute atomic E-state index is 3.62. The van der Waals surface area contributed by atoms with E-state index in [9.17, 15) is 0 Å². The molecule has 0 saturated carbocycles. The van der Waals surface area contributed by atoms with Crippen LogP contribution in [0.4, 0.5) is 5.69 Å². The van der Waals surface area contributed by atoms with Crippen LogP contribution in [-0.2, 0) is 6.54 Å². The molecule has 0 atom stereocenters. The quantitative estimate of drug-likeness (QED) is 0.736. The van der Waals surface area contributed by atoms with E-state index in [4.69, 9.17) is 0 Å². The van der Waals surface area contributed by atoms with Gasteiger partial charge >= 0.3 is 0 Å². The number of hydrogen-bond donors (Lipinski definition) is 2. The molecule has 0 saturated heterocycles. The Labute approximate surface area is 99.5 Å². The summed E-state index contributed by atoms with van der Waals surface area (Å²) in [6.07, 6.45) is 2.35. The van der Waals surface area contributed by atoms with Crippen LogP contribution in [0.5, 0.6) is 0 Å². The molecule has 0 bridgehead atoms. The highest BCUT2D eigenvalue weighted by molar-refractivity contribution is 5.51. The molecule has 0 unspecified atom stereocenters. The largest absolute Gasteiger partial charge is 0.382 e. The third kappa shape index (κ3) is 3.86. The van der Waals surface area contributed by atoms with Crippen LogP contribution in [0.1, 0.15) is 39.2 Å². The third-order valence-electron chi connectivity index (χ3n) is 2.93. The van der Waals surface area contributed by atoms with Crippen LogP contribution in [0, 0.1) is 0 Å². The van der Waals surface area contributed by atoms with Crippen molar-refractivity contribution in [2.24, 2.45) is 0 Å². The monoisotopic (exact) mass is 220 g/mol. The molecular weight excluding hydrogens is 196 g/mol. The number of hydrogen-bond acceptors (Lipinski definition) is 2. The Morgan fingerprint density at radius 1 is 1.06 bits per heavy atom. The summed E-state index contributed by atoms with van der Waals surface area (Å²) in [4.78, 5) is 0. The van der Waals surface area contributed by atoms with Gasteiger partial charge in [-0.3, -0.25) is 0 Å². The molecule has 0 heterocycles. The zero-order valence-electron chi connectivity index (χ0n) is 10.7. The standard InChI is InChI=1S/C14H24N2/c1-4-13(5-2)16-14-10-8-7-9-12(14)11-15-6-3/h7-10,13,15-16H,4-6,11H2,1-3H3. The van der Waals surface area contributed by atoms with Crippen molar-refractivity contribution in [2.45, 2.75) is 46.2 Å². The van der Waals surface area contributed by atoms with Crippen molar-refractivity contribution in [1.29, 1.82) is 0 Å². The molecule has 2 nitrogen and oxygen atoms in total. The summed E-state index contributed by atoms with van der Waals surface area (Å²) >= 11 is 0. The fourth-order valence-electron chi connectivity index (χ4n) is 1.79. The molecule has 1 aromatic rings. The summed E-state index contributed by atoms with van der Waals surface area (Å²) in [6, 6.07) is 9.14. The van der Waals surface area contributed by atoms with E-state index in [1.165, 1.54) is 24.1 Å². The van der Waals surface area contributed by atoms with Crippen LogP contribution in [0.3, 0.4) is 0 Å². The highest BCUT2D eigenvalue weighted by atomic mass is 14.9. The molecule has 0 amide bonds. The second-order valence-corrected chi connectivity index (χ2v) is 4.10. The van der Waals surface area contributed by atoms with Gasteiger partial charge < -0.3 is 10.6 Å². The van der Waals surface area contributed by atoms with Crippen molar-refractivity contribution in [1.82, 2.24) is 5.32 Å². The van der Waals surface area contributed by atoms with Gasteiger partial charge in [0.2, 0.25) is 0 Å². The molecule has 0 fully saturated rings. The molecular formula is C14H24N2. The van der Waals surface area contributed by atoms with Crippen LogP contribution in [0.2, 0.25) is 0 Å². The third-order valence-corrected chi connectivity index (χ3v) is 2.93. The molecule has 2 N–H and O–H groups in total. The molecule has 0 aliphatic heterocycles. The SMILES string of the molecule is CCNCc1ccccc1NC(CC)CC. The maximum Gasteiger partial charge on any atom is 0.0387 e. The maximum atomic E-state index is 3.62. The average Bonchev–Trinajstić information content (AvgIpc) is 2.34. The van der Waals surface area contributed by atoms with Gasteiger partial charge in [-0.05, 0) is 31.0 Å². The van der Waals surface area contributed by atoms with Gasteiger partial charge in [-0.25, -0.2) is 0 Å². The lowest BCUT2D eigenvalue weighted by Crippen LogP contribution is -2.20. The lowest BCUT2D eigenvalue weighted by Gasteiger charge is -2.19. The summed E-state index contributed by atoms with van der Waals surface area (Å²) in [6.45, 7) is 8.55. The van der Waals surface area contributed by atoms with Gasteiger partial charge in [0.05, 0.1) is 0 Å². The minimum Gasteiger partial charge on any atom is -0.382 e. The Morgan fingerprint density at radius 2 is 1.75 bits per heavy atom. The van der Waals surface area contributed by atoms with Gasteiger partial charge in [-0.2, -0.15) is 0 Å². The van der Waals surface area contributed by atoms with Crippen LogP contribution in [0.15, 0.2) is 24.3 Å². The lowest BCUT2D eigenvalue weighted by atomic mass is 10.1. The molecule has 0 aliphatic rings. The van der Waals surface area contributed by atoms with Crippen LogP contribution in [0.25, 0.3) is 0 Å². The molecule has 0 radical (unpaired) electrons. The molecule has 1 aromatic carbocycles. The minimum absolute atomic E-state index is 0.586. The average molecular weight is 220 g/mol. The van der Waals surface area contributed by atoms with E-state index >= 15 is 0 Å². The molecule has 0 aromatic heterocycles. The van der Waals surface area contributed by atoms with E-state index in [2.05, 4.69) is 55.7 Å². The smallest absolute Gasteiger partial charge is 0.0387 e. The number of para-hydroxylation sites is 1. The van der Waals surface area contributed by atoms with Crippen molar-refractivity contribution >= 4 is 5.69 Å². The first-order chi connectivity index (χ1) is 7.81. The predicted molar refractivity (Wildman–Crippen MR) is 71.8 cm³/mol. The van der Waals surface area contributed by atoms with Crippen molar-refractivity contribution in [3.8, 4) is 0 Å². The van der Waals surface area contributed by atoms with Crippen LogP contribution < -0.4 is 10.6 Å². The first-order valence-electron chi connectivity index (χ1n) is 6.36. The zero-order chi connectivity index (χ0) is 11.8. The van der Waals surface area contributed by atoms with Crippen LogP contribution >= 0.6 is 0 Å². The van der Waals surface area contributed by atoms with Crippen LogP contribution in [-0.4, -0.2) is 12.6 Å². The van der Waals surface area contributed by atoms with Gasteiger partial charge in [-0.1, -0.05) is 39.0 Å². The van der Waals surface area contributed by atoms with Gasteiger partial charge in [-0.15, -0.1) is 0 Å². The van der Waals surface area contributed by atoms with E-state index < -0.39 is 0 Å². The summed E-state index contributed by atoms with van der Waals surface area (Å²) in [5.74, 6) is 0. The van der Waals surface area contributed by atoms with Gasteiger partial charge in [0, 0.05) is 18.3 Å². The first-order valence-corrected chi connectivity index (χ1v) is 6.36. The molecule has 90 valence electrons. The lowest BCUT2D eigenvalue weighted by molar-refractivity contribution is 0.667. The first kappa shape index (κ1) is 13.0. The fourth-order valence-corrected chi connectivity index (χ4v) is 1.79. The van der Waals surface area contributed by atoms with Crippen molar-refractivity contribution in [3.05, 3.63) is 29.8 Å². The van der Waals surface area contributed by atoms with E-state index in [-0.39, 0.29) is 0 Å². The summed E-state index contributed by atoms with van der Waals surface area (Å²) in [5, 5.41) is 6.99. The summed E-state index contributed by atoms with van der Waals surface area (Å²) < 4.78 is 0. The predicted octanol–water partition coefficient (Wildman–Crippen LogP) is 3.40. The second-order valence-electron chi connectivity index (χ2n) is 4.10. The Hall–Kier alpha value is -1.02. The topological polar surface area (TPSA) is 24.1 Å². The highest BCUT2D eigenvalue weighted by Crippen LogP contribution is 2.17. The Balaban J connectivity index is 2.69. The van der Waals surface area contributed by atoms with E-state index in [1.54, 1.807) is 0 Å². The second kappa shape index (κ2) is 7.29. The minimum atomic E-state index is 0.586. The fraction of sp³-hybridized carbons (Fsp3) is 0.571.